The maximum atomic E-state index is 13.3. The highest BCUT2D eigenvalue weighted by atomic mass is 16.5. The topological polar surface area (TPSA) is 130 Å². The maximum absolute atomic E-state index is 13.3. The highest BCUT2D eigenvalue weighted by molar-refractivity contribution is 6.01. The Morgan fingerprint density at radius 2 is 1.66 bits per heavy atom. The number of morpholine rings is 1. The Hall–Kier alpha value is -5.55. The smallest absolute Gasteiger partial charge is 0.330 e. The Kier molecular flexibility index (Phi) is 7.69. The number of ether oxygens (including phenoxy) is 1. The molecule has 0 bridgehead atoms. The first kappa shape index (κ1) is 30.1. The van der Waals surface area contributed by atoms with Crippen LogP contribution in [0.5, 0.6) is 0 Å². The molecule has 1 aliphatic rings. The van der Waals surface area contributed by atoms with Crippen LogP contribution in [0.3, 0.4) is 0 Å². The second kappa shape index (κ2) is 12.0. The third kappa shape index (κ3) is 6.05. The number of nitrogens with zero attached hydrogens (tertiary/aromatic N) is 5. The molecule has 238 valence electrons. The van der Waals surface area contributed by atoms with Crippen molar-refractivity contribution in [2.75, 3.05) is 41.8 Å². The van der Waals surface area contributed by atoms with E-state index in [2.05, 4.69) is 20.5 Å². The van der Waals surface area contributed by atoms with Gasteiger partial charge in [0.25, 0.3) is 0 Å². The molecular formula is C36H36N8O3. The van der Waals surface area contributed by atoms with Crippen molar-refractivity contribution in [3.05, 3.63) is 84.8 Å². The summed E-state index contributed by atoms with van der Waals surface area (Å²) in [5, 5.41) is 8.69. The van der Waals surface area contributed by atoms with Crippen molar-refractivity contribution >= 4 is 51.2 Å². The van der Waals surface area contributed by atoms with Gasteiger partial charge in [-0.1, -0.05) is 57.2 Å². The highest BCUT2D eigenvalue weighted by Gasteiger charge is 2.24. The number of hydrogen-bond acceptors (Lipinski definition) is 7. The van der Waals surface area contributed by atoms with Crippen molar-refractivity contribution < 1.29 is 14.3 Å². The molecule has 0 atom stereocenters. The Balaban J connectivity index is 1.27. The van der Waals surface area contributed by atoms with Crippen LogP contribution in [0.1, 0.15) is 26.3 Å². The fraction of sp³-hybridized carbons (Fsp3) is 0.250. The number of amides is 2. The van der Waals surface area contributed by atoms with Gasteiger partial charge >= 0.3 is 6.03 Å². The van der Waals surface area contributed by atoms with E-state index in [4.69, 9.17) is 19.7 Å². The van der Waals surface area contributed by atoms with E-state index in [1.807, 2.05) is 107 Å². The van der Waals surface area contributed by atoms with Gasteiger partial charge in [0.2, 0.25) is 11.9 Å². The van der Waals surface area contributed by atoms with E-state index >= 15 is 0 Å². The summed E-state index contributed by atoms with van der Waals surface area (Å²) < 4.78 is 7.03. The molecule has 0 unspecified atom stereocenters. The predicted octanol–water partition coefficient (Wildman–Crippen LogP) is 6.85. The SMILES string of the molecule is Cc1c(NC(=O)n2cc3ccccc3c2)cccc1-c1nc(NC(=O)C(C)(C)C)nc2[nH]c(-c3ccc(N4CCOCC4)nc3)cc12. The zero-order valence-electron chi connectivity index (χ0n) is 26.8. The van der Waals surface area contributed by atoms with Crippen LogP contribution in [0.15, 0.2) is 79.3 Å². The lowest BCUT2D eigenvalue weighted by molar-refractivity contribution is -0.123. The van der Waals surface area contributed by atoms with Crippen molar-refractivity contribution in [2.24, 2.45) is 5.41 Å². The molecule has 11 heteroatoms. The summed E-state index contributed by atoms with van der Waals surface area (Å²) >= 11 is 0. The standard InChI is InChI=1S/C36H36N8O3/c1-22-26(10-7-11-28(22)39-35(46)44-20-24-8-5-6-9-25(24)21-44)31-27-18-29(23-12-13-30(37-19-23)43-14-16-47-17-15-43)38-32(27)41-34(40-31)42-33(45)36(2,3)4/h5-13,18-21H,14-17H2,1-4H3,(H,39,46)(H2,38,40,41,42,45). The quantitative estimate of drug-likeness (QED) is 0.190. The molecule has 1 aliphatic heterocycles. The Labute approximate surface area is 272 Å². The van der Waals surface area contributed by atoms with Crippen molar-refractivity contribution in [2.45, 2.75) is 27.7 Å². The molecule has 2 aromatic carbocycles. The summed E-state index contributed by atoms with van der Waals surface area (Å²) in [5.74, 6) is 0.895. The largest absolute Gasteiger partial charge is 0.378 e. The number of rotatable bonds is 5. The third-order valence-electron chi connectivity index (χ3n) is 8.41. The fourth-order valence-corrected chi connectivity index (χ4v) is 5.65. The van der Waals surface area contributed by atoms with E-state index in [9.17, 15) is 9.59 Å². The molecule has 7 rings (SSSR count). The lowest BCUT2D eigenvalue weighted by atomic mass is 9.96. The minimum Gasteiger partial charge on any atom is -0.378 e. The molecule has 1 saturated heterocycles. The number of aromatic amines is 1. The zero-order chi connectivity index (χ0) is 32.7. The zero-order valence-corrected chi connectivity index (χ0v) is 26.8. The average Bonchev–Trinajstić information content (AvgIpc) is 3.71. The molecule has 3 N–H and O–H groups in total. The molecular weight excluding hydrogens is 592 g/mol. The lowest BCUT2D eigenvalue weighted by Crippen LogP contribution is -2.36. The van der Waals surface area contributed by atoms with Gasteiger partial charge in [0.05, 0.1) is 18.9 Å². The van der Waals surface area contributed by atoms with Crippen molar-refractivity contribution in [3.63, 3.8) is 0 Å². The van der Waals surface area contributed by atoms with E-state index in [1.165, 1.54) is 0 Å². The first-order valence-electron chi connectivity index (χ1n) is 15.6. The van der Waals surface area contributed by atoms with Crippen LogP contribution in [0, 0.1) is 12.3 Å². The molecule has 0 aliphatic carbocycles. The van der Waals surface area contributed by atoms with Crippen molar-refractivity contribution in [1.82, 2.24) is 24.5 Å². The van der Waals surface area contributed by atoms with E-state index < -0.39 is 5.41 Å². The predicted molar refractivity (Wildman–Crippen MR) is 185 cm³/mol. The van der Waals surface area contributed by atoms with Crippen molar-refractivity contribution in [3.8, 4) is 22.5 Å². The number of pyridine rings is 1. The highest BCUT2D eigenvalue weighted by Crippen LogP contribution is 2.35. The Morgan fingerprint density at radius 3 is 2.34 bits per heavy atom. The van der Waals surface area contributed by atoms with E-state index in [-0.39, 0.29) is 17.9 Å². The summed E-state index contributed by atoms with van der Waals surface area (Å²) in [4.78, 5) is 46.2. The fourth-order valence-electron chi connectivity index (χ4n) is 5.65. The molecule has 4 aromatic heterocycles. The van der Waals surface area contributed by atoms with Crippen LogP contribution < -0.4 is 15.5 Å². The van der Waals surface area contributed by atoms with Gasteiger partial charge in [0.1, 0.15) is 11.5 Å². The molecule has 0 spiro atoms. The number of hydrogen-bond donors (Lipinski definition) is 3. The van der Waals surface area contributed by atoms with Crippen LogP contribution in [-0.2, 0) is 9.53 Å². The monoisotopic (exact) mass is 628 g/mol. The number of fused-ring (bicyclic) bond motifs is 2. The molecule has 2 amide bonds. The van der Waals surface area contributed by atoms with Crippen molar-refractivity contribution in [1.29, 1.82) is 0 Å². The number of H-pyrrole nitrogens is 1. The van der Waals surface area contributed by atoms with Crippen LogP contribution in [-0.4, -0.2) is 62.7 Å². The minimum absolute atomic E-state index is 0.189. The average molecular weight is 629 g/mol. The molecule has 0 radical (unpaired) electrons. The number of carbonyl (C=O) groups is 2. The Bertz CT molecular complexity index is 2090. The van der Waals surface area contributed by atoms with Crippen LogP contribution in [0.4, 0.5) is 22.2 Å². The molecule has 47 heavy (non-hydrogen) atoms. The first-order chi connectivity index (χ1) is 22.6. The summed E-state index contributed by atoms with van der Waals surface area (Å²) in [6.45, 7) is 10.5. The minimum atomic E-state index is -0.642. The van der Waals surface area contributed by atoms with Gasteiger partial charge in [-0.2, -0.15) is 4.98 Å². The van der Waals surface area contributed by atoms with Crippen LogP contribution >= 0.6 is 0 Å². The van der Waals surface area contributed by atoms with Gasteiger partial charge in [-0.3, -0.25) is 14.7 Å². The molecule has 0 saturated carbocycles. The number of benzene rings is 2. The summed E-state index contributed by atoms with van der Waals surface area (Å²) in [7, 11) is 0. The number of carbonyl (C=O) groups excluding carboxylic acids is 2. The van der Waals surface area contributed by atoms with E-state index in [0.717, 1.165) is 57.5 Å². The number of nitrogens with one attached hydrogen (secondary N) is 3. The van der Waals surface area contributed by atoms with Gasteiger partial charge in [-0.05, 0) is 47.5 Å². The van der Waals surface area contributed by atoms with Gasteiger partial charge in [0, 0.05) is 65.0 Å². The van der Waals surface area contributed by atoms with Gasteiger partial charge < -0.3 is 19.9 Å². The van der Waals surface area contributed by atoms with E-state index in [1.54, 1.807) is 4.57 Å². The number of anilines is 3. The van der Waals surface area contributed by atoms with Gasteiger partial charge in [0.15, 0.2) is 0 Å². The molecule has 5 heterocycles. The van der Waals surface area contributed by atoms with Gasteiger partial charge in [-0.15, -0.1) is 0 Å². The Morgan fingerprint density at radius 1 is 0.915 bits per heavy atom. The lowest BCUT2D eigenvalue weighted by Gasteiger charge is -2.27. The second-order valence-corrected chi connectivity index (χ2v) is 12.8. The molecule has 1 fully saturated rings. The first-order valence-corrected chi connectivity index (χ1v) is 15.6. The second-order valence-electron chi connectivity index (χ2n) is 12.8. The van der Waals surface area contributed by atoms with Gasteiger partial charge in [-0.25, -0.2) is 14.8 Å². The third-order valence-corrected chi connectivity index (χ3v) is 8.41. The summed E-state index contributed by atoms with van der Waals surface area (Å²) in [6, 6.07) is 19.3. The van der Waals surface area contributed by atoms with E-state index in [0.29, 0.717) is 30.2 Å². The molecule has 6 aromatic rings. The summed E-state index contributed by atoms with van der Waals surface area (Å²) in [5.41, 5.74) is 4.53. The summed E-state index contributed by atoms with van der Waals surface area (Å²) in [6.07, 6.45) is 5.47. The molecule has 11 nitrogen and oxygen atoms in total. The maximum Gasteiger partial charge on any atom is 0.330 e. The normalized spacial score (nSPS) is 13.7. The number of aromatic nitrogens is 5. The van der Waals surface area contributed by atoms with Crippen LogP contribution in [0.25, 0.3) is 44.3 Å². The van der Waals surface area contributed by atoms with Crippen LogP contribution in [0.2, 0.25) is 0 Å².